The van der Waals surface area contributed by atoms with Gasteiger partial charge < -0.3 is 9.47 Å². The topological polar surface area (TPSA) is 116 Å². The second-order valence-corrected chi connectivity index (χ2v) is 8.30. The van der Waals surface area contributed by atoms with Gasteiger partial charge in [0.05, 0.1) is 19.4 Å². The first kappa shape index (κ1) is 23.9. The highest BCUT2D eigenvalue weighted by Crippen LogP contribution is 2.59. The monoisotopic (exact) mass is 474 g/mol. The molecule has 0 unspecified atom stereocenters. The number of carbonyl (C=O) groups is 2. The van der Waals surface area contributed by atoms with Crippen molar-refractivity contribution in [2.75, 3.05) is 13.2 Å². The van der Waals surface area contributed by atoms with Crippen molar-refractivity contribution in [2.24, 2.45) is 10.5 Å². The summed E-state index contributed by atoms with van der Waals surface area (Å²) in [6, 6.07) is 15.5. The standard InChI is InChI=1S/C26H23FN4O4/c1-3-34-23(32)26(24(33)35-4-2)13-20(19-11-7-8-12-21(19)27)25(15-28,16-29)31-22(26)18-10-6-5-9-17(18)14-30-31/h5-12,14,20,22H,3-4,13H2,1-2H3/t20-,22+/m1/s1. The van der Waals surface area contributed by atoms with Gasteiger partial charge in [-0.05, 0) is 43.0 Å². The number of hydrazone groups is 1. The predicted molar refractivity (Wildman–Crippen MR) is 122 cm³/mol. The first-order valence-corrected chi connectivity index (χ1v) is 11.2. The van der Waals surface area contributed by atoms with E-state index in [0.29, 0.717) is 11.1 Å². The van der Waals surface area contributed by atoms with Crippen LogP contribution in [0.4, 0.5) is 4.39 Å². The van der Waals surface area contributed by atoms with Crippen molar-refractivity contribution in [1.29, 1.82) is 10.5 Å². The van der Waals surface area contributed by atoms with Gasteiger partial charge in [0, 0.05) is 5.92 Å². The van der Waals surface area contributed by atoms with E-state index in [0.717, 1.165) is 5.01 Å². The summed E-state index contributed by atoms with van der Waals surface area (Å²) in [5, 5.41) is 26.3. The lowest BCUT2D eigenvalue weighted by Crippen LogP contribution is -2.65. The molecule has 0 spiro atoms. The minimum Gasteiger partial charge on any atom is -0.465 e. The molecule has 0 aliphatic carbocycles. The molecule has 2 aromatic carbocycles. The molecule has 0 N–H and O–H groups in total. The zero-order valence-corrected chi connectivity index (χ0v) is 19.3. The number of esters is 2. The normalized spacial score (nSPS) is 21.0. The average molecular weight is 474 g/mol. The molecule has 8 nitrogen and oxygen atoms in total. The molecular weight excluding hydrogens is 451 g/mol. The molecule has 1 fully saturated rings. The summed E-state index contributed by atoms with van der Waals surface area (Å²) >= 11 is 0. The van der Waals surface area contributed by atoms with E-state index < -0.39 is 47.1 Å². The molecule has 2 aromatic rings. The number of hydrogen-bond donors (Lipinski definition) is 0. The van der Waals surface area contributed by atoms with Gasteiger partial charge >= 0.3 is 11.9 Å². The molecule has 0 amide bonds. The van der Waals surface area contributed by atoms with Crippen LogP contribution in [-0.2, 0) is 19.1 Å². The number of halogens is 1. The predicted octanol–water partition coefficient (Wildman–Crippen LogP) is 3.60. The maximum absolute atomic E-state index is 15.1. The number of nitrogens with zero attached hydrogens (tertiary/aromatic N) is 4. The Balaban J connectivity index is 2.09. The summed E-state index contributed by atoms with van der Waals surface area (Å²) < 4.78 is 25.9. The van der Waals surface area contributed by atoms with Crippen LogP contribution in [0.2, 0.25) is 0 Å². The highest BCUT2D eigenvalue weighted by atomic mass is 19.1. The number of fused-ring (bicyclic) bond motifs is 3. The van der Waals surface area contributed by atoms with E-state index in [1.54, 1.807) is 44.2 Å². The zero-order chi connectivity index (χ0) is 25.2. The summed E-state index contributed by atoms with van der Waals surface area (Å²) in [5.74, 6) is -3.67. The van der Waals surface area contributed by atoms with Gasteiger partial charge in [0.15, 0.2) is 5.41 Å². The van der Waals surface area contributed by atoms with Gasteiger partial charge in [0.25, 0.3) is 0 Å². The SMILES string of the molecule is CCOC(=O)C1(C(=O)OCC)C[C@H](c2ccccc2F)C(C#N)(C#N)N2N=Cc3ccccc3[C@H]21. The third kappa shape index (κ3) is 3.43. The fourth-order valence-corrected chi connectivity index (χ4v) is 5.08. The number of nitriles is 2. The van der Waals surface area contributed by atoms with E-state index >= 15 is 4.39 Å². The van der Waals surface area contributed by atoms with Crippen molar-refractivity contribution in [3.05, 3.63) is 71.0 Å². The maximum Gasteiger partial charge on any atom is 0.326 e. The molecule has 1 saturated heterocycles. The van der Waals surface area contributed by atoms with Crippen molar-refractivity contribution in [3.8, 4) is 12.1 Å². The highest BCUT2D eigenvalue weighted by Gasteiger charge is 2.69. The first-order valence-electron chi connectivity index (χ1n) is 11.2. The van der Waals surface area contributed by atoms with E-state index in [4.69, 9.17) is 9.47 Å². The molecule has 2 atom stereocenters. The summed E-state index contributed by atoms with van der Waals surface area (Å²) in [6.45, 7) is 3.16. The van der Waals surface area contributed by atoms with Crippen LogP contribution in [-0.4, -0.2) is 41.9 Å². The smallest absolute Gasteiger partial charge is 0.326 e. The van der Waals surface area contributed by atoms with Gasteiger partial charge in [-0.15, -0.1) is 0 Å². The van der Waals surface area contributed by atoms with Gasteiger partial charge in [0.2, 0.25) is 5.54 Å². The van der Waals surface area contributed by atoms with Crippen LogP contribution >= 0.6 is 0 Å². The average Bonchev–Trinajstić information content (AvgIpc) is 2.88. The van der Waals surface area contributed by atoms with Gasteiger partial charge in [-0.25, -0.2) is 4.39 Å². The fourth-order valence-electron chi connectivity index (χ4n) is 5.08. The Morgan fingerprint density at radius 2 is 1.60 bits per heavy atom. The minimum atomic E-state index is -2.03. The Bertz CT molecular complexity index is 1250. The second-order valence-electron chi connectivity index (χ2n) is 8.30. The molecule has 2 aliphatic heterocycles. The van der Waals surface area contributed by atoms with Crippen molar-refractivity contribution in [2.45, 2.75) is 37.8 Å². The first-order chi connectivity index (χ1) is 16.9. The van der Waals surface area contributed by atoms with Crippen LogP contribution in [0.3, 0.4) is 0 Å². The lowest BCUT2D eigenvalue weighted by Gasteiger charge is -2.54. The lowest BCUT2D eigenvalue weighted by atomic mass is 9.59. The number of piperidine rings is 1. The fraction of sp³-hybridized carbons (Fsp3) is 0.346. The summed E-state index contributed by atoms with van der Waals surface area (Å²) in [4.78, 5) is 27.4. The van der Waals surface area contributed by atoms with Crippen LogP contribution in [0.15, 0.2) is 53.6 Å². The lowest BCUT2D eigenvalue weighted by molar-refractivity contribution is -0.187. The maximum atomic E-state index is 15.1. The Hall–Kier alpha value is -4.24. The van der Waals surface area contributed by atoms with Crippen LogP contribution < -0.4 is 0 Å². The van der Waals surface area contributed by atoms with Crippen molar-refractivity contribution in [3.63, 3.8) is 0 Å². The quantitative estimate of drug-likeness (QED) is 0.480. The summed E-state index contributed by atoms with van der Waals surface area (Å²) in [6.07, 6.45) is 1.07. The van der Waals surface area contributed by atoms with Gasteiger partial charge in [0.1, 0.15) is 24.0 Å². The number of carbonyl (C=O) groups excluding carboxylic acids is 2. The summed E-state index contributed by atoms with van der Waals surface area (Å²) in [7, 11) is 0. The zero-order valence-electron chi connectivity index (χ0n) is 19.3. The second kappa shape index (κ2) is 9.19. The molecule has 2 heterocycles. The van der Waals surface area contributed by atoms with Gasteiger partial charge in [-0.2, -0.15) is 15.6 Å². The van der Waals surface area contributed by atoms with Gasteiger partial charge in [-0.3, -0.25) is 14.6 Å². The Morgan fingerprint density at radius 1 is 1.03 bits per heavy atom. The van der Waals surface area contributed by atoms with E-state index in [9.17, 15) is 20.1 Å². The summed E-state index contributed by atoms with van der Waals surface area (Å²) in [5.41, 5.74) is -2.92. The molecule has 2 aliphatic rings. The van der Waals surface area contributed by atoms with Crippen molar-refractivity contribution >= 4 is 18.2 Å². The molecule has 9 heteroatoms. The van der Waals surface area contributed by atoms with Crippen molar-refractivity contribution < 1.29 is 23.5 Å². The Morgan fingerprint density at radius 3 is 2.17 bits per heavy atom. The number of hydrogen-bond acceptors (Lipinski definition) is 8. The van der Waals surface area contributed by atoms with E-state index in [1.807, 2.05) is 12.1 Å². The molecule has 0 bridgehead atoms. The van der Waals surface area contributed by atoms with Gasteiger partial charge in [-0.1, -0.05) is 42.5 Å². The van der Waals surface area contributed by atoms with E-state index in [1.165, 1.54) is 24.4 Å². The van der Waals surface area contributed by atoms with Crippen LogP contribution in [0, 0.1) is 33.9 Å². The molecule has 4 rings (SSSR count). The van der Waals surface area contributed by atoms with E-state index in [-0.39, 0.29) is 18.8 Å². The third-order valence-electron chi connectivity index (χ3n) is 6.62. The largest absolute Gasteiger partial charge is 0.465 e. The van der Waals surface area contributed by atoms with Crippen molar-refractivity contribution in [1.82, 2.24) is 5.01 Å². The molecular formula is C26H23FN4O4. The third-order valence-corrected chi connectivity index (χ3v) is 6.62. The van der Waals surface area contributed by atoms with Crippen LogP contribution in [0.5, 0.6) is 0 Å². The van der Waals surface area contributed by atoms with E-state index in [2.05, 4.69) is 5.10 Å². The minimum absolute atomic E-state index is 0.0149. The highest BCUT2D eigenvalue weighted by molar-refractivity contribution is 6.02. The molecule has 0 aromatic heterocycles. The van der Waals surface area contributed by atoms with Crippen LogP contribution in [0.25, 0.3) is 0 Å². The number of benzene rings is 2. The molecule has 35 heavy (non-hydrogen) atoms. The molecule has 178 valence electrons. The molecule has 0 radical (unpaired) electrons. The Kier molecular flexibility index (Phi) is 6.27. The Labute approximate surface area is 202 Å². The number of ether oxygens (including phenoxy) is 2. The number of rotatable bonds is 5. The van der Waals surface area contributed by atoms with Crippen LogP contribution in [0.1, 0.15) is 48.9 Å². The molecule has 0 saturated carbocycles.